The molecule has 0 aliphatic carbocycles. The maximum atomic E-state index is 12.9. The second-order valence-corrected chi connectivity index (χ2v) is 29.0. The van der Waals surface area contributed by atoms with E-state index >= 15 is 0 Å². The summed E-state index contributed by atoms with van der Waals surface area (Å²) in [5.74, 6) is -1.57. The van der Waals surface area contributed by atoms with Crippen LogP contribution < -0.4 is 0 Å². The number of ether oxygens (including phenoxy) is 3. The predicted molar refractivity (Wildman–Crippen MR) is 408 cm³/mol. The van der Waals surface area contributed by atoms with E-state index in [0.29, 0.717) is 19.3 Å². The lowest BCUT2D eigenvalue weighted by Gasteiger charge is -2.21. The largest absolute Gasteiger partial charge is 0.472 e. The number of carbonyl (C=O) groups excluding carboxylic acids is 3. The summed E-state index contributed by atoms with van der Waals surface area (Å²) < 4.78 is 61.1. The topological polar surface area (TPSA) is 231 Å². The van der Waals surface area contributed by atoms with E-state index in [1.807, 2.05) is 0 Å². The quantitative estimate of drug-likeness (QED) is 0.0146. The summed E-state index contributed by atoms with van der Waals surface area (Å²) in [4.78, 5) is 58.5. The lowest BCUT2D eigenvalue weighted by Crippen LogP contribution is -2.30. The van der Waals surface area contributed by atoms with Gasteiger partial charge in [-0.25, -0.2) is 9.13 Å². The number of carbonyl (C=O) groups is 3. The molecule has 0 saturated heterocycles. The minimum atomic E-state index is -4.92. The van der Waals surface area contributed by atoms with Crippen LogP contribution in [0.4, 0.5) is 0 Å². The summed E-state index contributed by atoms with van der Waals surface area (Å²) in [6, 6.07) is 0. The van der Waals surface area contributed by atoms with Gasteiger partial charge in [-0.15, -0.1) is 0 Å². The van der Waals surface area contributed by atoms with Gasteiger partial charge in [0, 0.05) is 19.3 Å². The van der Waals surface area contributed by atoms with Crippen molar-refractivity contribution in [3.05, 3.63) is 109 Å². The maximum Gasteiger partial charge on any atom is 0.472 e. The third-order valence-electron chi connectivity index (χ3n) is 16.5. The molecule has 0 aromatic heterocycles. The molecular weight excluding hydrogens is 1290 g/mol. The Balaban J connectivity index is 4.39. The van der Waals surface area contributed by atoms with Crippen molar-refractivity contribution in [1.29, 1.82) is 0 Å². The molecule has 99 heavy (non-hydrogen) atoms. The van der Waals surface area contributed by atoms with Crippen molar-refractivity contribution < 1.29 is 75.8 Å². The first-order valence-electron chi connectivity index (χ1n) is 39.2. The fourth-order valence-corrected chi connectivity index (χ4v) is 12.2. The average molecular weight is 1430 g/mol. The molecule has 0 bridgehead atoms. The van der Waals surface area contributed by atoms with Gasteiger partial charge < -0.3 is 34.2 Å². The van der Waals surface area contributed by atoms with Crippen LogP contribution in [0.5, 0.6) is 0 Å². The Kier molecular flexibility index (Phi) is 71.1. The first kappa shape index (κ1) is 95.2. The zero-order chi connectivity index (χ0) is 72.3. The van der Waals surface area contributed by atoms with Crippen molar-refractivity contribution in [2.45, 2.75) is 347 Å². The summed E-state index contributed by atoms with van der Waals surface area (Å²) in [7, 11) is -9.78. The summed E-state index contributed by atoms with van der Waals surface area (Å²) in [5, 5.41) is 20.6. The fraction of sp³-hybridized carbons (Fsp3) is 0.741. The molecule has 0 radical (unpaired) electrons. The molecule has 4 N–H and O–H groups in total. The van der Waals surface area contributed by atoms with Gasteiger partial charge in [-0.1, -0.05) is 316 Å². The highest BCUT2D eigenvalue weighted by Crippen LogP contribution is 2.45. The van der Waals surface area contributed by atoms with Gasteiger partial charge in [0.15, 0.2) is 6.10 Å². The second kappa shape index (κ2) is 73.9. The van der Waals surface area contributed by atoms with Crippen molar-refractivity contribution >= 4 is 33.6 Å². The van der Waals surface area contributed by atoms with E-state index in [4.69, 9.17) is 32.3 Å². The minimum Gasteiger partial charge on any atom is -0.463 e. The van der Waals surface area contributed by atoms with E-state index in [-0.39, 0.29) is 19.3 Å². The van der Waals surface area contributed by atoms with Crippen molar-refractivity contribution in [3.63, 3.8) is 0 Å². The van der Waals surface area contributed by atoms with Gasteiger partial charge in [0.25, 0.3) is 0 Å². The fourth-order valence-electron chi connectivity index (χ4n) is 10.6. The molecule has 0 saturated carbocycles. The van der Waals surface area contributed by atoms with Crippen molar-refractivity contribution in [1.82, 2.24) is 0 Å². The summed E-state index contributed by atoms with van der Waals surface area (Å²) in [6.07, 6.45) is 85.8. The predicted octanol–water partition coefficient (Wildman–Crippen LogP) is 22.8. The summed E-state index contributed by atoms with van der Waals surface area (Å²) >= 11 is 0. The number of phosphoric acid groups is 2. The van der Waals surface area contributed by atoms with E-state index in [0.717, 1.165) is 154 Å². The number of hydrogen-bond donors (Lipinski definition) is 4. The van der Waals surface area contributed by atoms with Crippen molar-refractivity contribution in [2.24, 2.45) is 0 Å². The Morgan fingerprint density at radius 2 is 0.535 bits per heavy atom. The molecule has 0 aromatic rings. The number of aliphatic hydroxyl groups excluding tert-OH is 2. The normalized spacial score (nSPS) is 14.6. The highest BCUT2D eigenvalue weighted by atomic mass is 31.2. The molecule has 5 unspecified atom stereocenters. The van der Waals surface area contributed by atoms with Gasteiger partial charge in [0.2, 0.25) is 0 Å². The van der Waals surface area contributed by atoms with Crippen LogP contribution in [0.15, 0.2) is 109 Å². The summed E-state index contributed by atoms with van der Waals surface area (Å²) in [6.45, 7) is 2.47. The van der Waals surface area contributed by atoms with Crippen LogP contribution in [0, 0.1) is 0 Å². The maximum absolute atomic E-state index is 12.9. The Bertz CT molecular complexity index is 2240. The molecule has 0 aliphatic heterocycles. The molecule has 16 nitrogen and oxygen atoms in total. The highest BCUT2D eigenvalue weighted by molar-refractivity contribution is 7.47. The Hall–Kier alpha value is -3.79. The number of esters is 3. The summed E-state index contributed by atoms with van der Waals surface area (Å²) in [5.41, 5.74) is 0. The zero-order valence-electron chi connectivity index (χ0n) is 62.4. The van der Waals surface area contributed by atoms with Gasteiger partial charge in [0.1, 0.15) is 25.4 Å². The van der Waals surface area contributed by atoms with Gasteiger partial charge in [-0.3, -0.25) is 32.5 Å². The third kappa shape index (κ3) is 75.2. The number of allylic oxidation sites excluding steroid dienone is 18. The Morgan fingerprint density at radius 3 is 0.848 bits per heavy atom. The van der Waals surface area contributed by atoms with Gasteiger partial charge >= 0.3 is 33.6 Å². The molecule has 0 amide bonds. The standard InChI is InChI=1S/C81H142O16P2/c1-4-7-10-13-16-19-22-25-27-29-30-31-32-33-34-35-36-37-38-39-40-41-42-43-44-46-48-50-52-55-58-61-64-67-79(84)91-70-76(82)71-93-98(87,88)94-72-77(83)73-95-99(89,90)96-75-78(97-81(86)69-66-63-60-57-54-49-24-21-18-15-12-9-6-3)74-92-80(85)68-65-62-59-56-53-51-47-45-28-26-23-20-17-14-11-8-5-2/h7-8,10-11,16-17,19-20,25-28,30-31,33-34,36-37,76-78,82-83H,4-6,9,12-15,18,21-24,29,32,35,38-75H2,1-3H3,(H,87,88)(H,89,90)/b10-7-,11-8-,19-16-,20-17-,27-25-,28-26-,31-30-,34-33-,37-36-. The Morgan fingerprint density at radius 1 is 0.293 bits per heavy atom. The highest BCUT2D eigenvalue weighted by Gasteiger charge is 2.29. The molecule has 0 spiro atoms. The average Bonchev–Trinajstić information content (AvgIpc) is 1.38. The lowest BCUT2D eigenvalue weighted by molar-refractivity contribution is -0.161. The van der Waals surface area contributed by atoms with E-state index < -0.39 is 91.5 Å². The zero-order valence-corrected chi connectivity index (χ0v) is 64.2. The molecular formula is C81H142O16P2. The molecule has 0 rings (SSSR count). The van der Waals surface area contributed by atoms with Crippen LogP contribution >= 0.6 is 15.6 Å². The minimum absolute atomic E-state index is 0.106. The molecule has 5 atom stereocenters. The molecule has 18 heteroatoms. The van der Waals surface area contributed by atoms with Gasteiger partial charge in [-0.2, -0.15) is 0 Å². The third-order valence-corrected chi connectivity index (χ3v) is 18.4. The first-order valence-corrected chi connectivity index (χ1v) is 42.2. The number of hydrogen-bond acceptors (Lipinski definition) is 14. The van der Waals surface area contributed by atoms with Crippen LogP contribution in [-0.2, 0) is 55.8 Å². The second-order valence-electron chi connectivity index (χ2n) is 26.1. The van der Waals surface area contributed by atoms with E-state index in [2.05, 4.69) is 130 Å². The molecule has 0 fully saturated rings. The van der Waals surface area contributed by atoms with E-state index in [9.17, 15) is 43.5 Å². The number of phosphoric ester groups is 2. The van der Waals surface area contributed by atoms with Crippen LogP contribution in [0.1, 0.15) is 329 Å². The SMILES string of the molecule is CC/C=C\C/C=C\C/C=C\C/C=C\C/C=C\C/C=C\CCCCCCCCCCCCCCCCC(=O)OCC(O)COP(=O)(O)OCC(O)COP(=O)(O)OCC(COC(=O)CCCCCCCCC/C=C\C/C=C\C/C=C\CC)OC(=O)CCCCCCCCCCCCCCC. The van der Waals surface area contributed by atoms with E-state index in [1.165, 1.54) is 116 Å². The van der Waals surface area contributed by atoms with Crippen molar-refractivity contribution in [2.75, 3.05) is 39.6 Å². The number of rotatable bonds is 74. The molecule has 0 aromatic carbocycles. The molecule has 0 aliphatic rings. The Labute approximate surface area is 602 Å². The number of aliphatic hydroxyl groups is 2. The smallest absolute Gasteiger partial charge is 0.463 e. The lowest BCUT2D eigenvalue weighted by atomic mass is 10.0. The number of unbranched alkanes of at least 4 members (excludes halogenated alkanes) is 33. The monoisotopic (exact) mass is 1430 g/mol. The van der Waals surface area contributed by atoms with Crippen molar-refractivity contribution in [3.8, 4) is 0 Å². The van der Waals surface area contributed by atoms with Gasteiger partial charge in [0.05, 0.1) is 26.4 Å². The molecule has 0 heterocycles. The first-order chi connectivity index (χ1) is 48.2. The van der Waals surface area contributed by atoms with E-state index in [1.54, 1.807) is 0 Å². The van der Waals surface area contributed by atoms with Crippen LogP contribution in [0.25, 0.3) is 0 Å². The van der Waals surface area contributed by atoms with Crippen LogP contribution in [-0.4, -0.2) is 95.9 Å². The van der Waals surface area contributed by atoms with Crippen LogP contribution in [0.3, 0.4) is 0 Å². The molecule has 572 valence electrons. The van der Waals surface area contributed by atoms with Crippen LogP contribution in [0.2, 0.25) is 0 Å². The van der Waals surface area contributed by atoms with Gasteiger partial charge in [-0.05, 0) is 103 Å².